The van der Waals surface area contributed by atoms with Crippen molar-refractivity contribution < 1.29 is 4.79 Å². The lowest BCUT2D eigenvalue weighted by Gasteiger charge is -2.37. The molecule has 1 aliphatic carbocycles. The molecule has 2 fully saturated rings. The molecule has 1 aliphatic heterocycles. The maximum absolute atomic E-state index is 11.8. The van der Waals surface area contributed by atoms with E-state index in [2.05, 4.69) is 15.9 Å². The molecule has 0 aromatic heterocycles. The third kappa shape index (κ3) is 3.25. The second-order valence-electron chi connectivity index (χ2n) is 6.13. The van der Waals surface area contributed by atoms with Crippen LogP contribution in [0.1, 0.15) is 35.7 Å². The van der Waals surface area contributed by atoms with Crippen molar-refractivity contribution in [2.45, 2.75) is 19.8 Å². The molecule has 1 aromatic rings. The number of carbonyl (C=O) groups excluding carboxylic acids is 1. The van der Waals surface area contributed by atoms with E-state index in [4.69, 9.17) is 5.26 Å². The highest BCUT2D eigenvalue weighted by Gasteiger charge is 2.27. The summed E-state index contributed by atoms with van der Waals surface area (Å²) in [6, 6.07) is 7.53. The van der Waals surface area contributed by atoms with Crippen LogP contribution in [0.2, 0.25) is 0 Å². The molecule has 2 aliphatic rings. The van der Waals surface area contributed by atoms with E-state index in [1.807, 2.05) is 6.07 Å². The normalized spacial score (nSPS) is 19.3. The molecule has 1 heterocycles. The van der Waals surface area contributed by atoms with Gasteiger partial charge in [0, 0.05) is 44.0 Å². The molecule has 1 saturated carbocycles. The fraction of sp³-hybridized carbons (Fsp3) is 0.529. The predicted octanol–water partition coefficient (Wildman–Crippen LogP) is 2.29. The summed E-state index contributed by atoms with van der Waals surface area (Å²) in [5.41, 5.74) is 2.27. The highest BCUT2D eigenvalue weighted by Crippen LogP contribution is 2.30. The van der Waals surface area contributed by atoms with Crippen LogP contribution in [-0.2, 0) is 0 Å². The highest BCUT2D eigenvalue weighted by molar-refractivity contribution is 6.00. The summed E-state index contributed by atoms with van der Waals surface area (Å²) >= 11 is 0. The van der Waals surface area contributed by atoms with Crippen LogP contribution in [0.15, 0.2) is 18.2 Å². The zero-order valence-electron chi connectivity index (χ0n) is 12.5. The van der Waals surface area contributed by atoms with Gasteiger partial charge in [0.1, 0.15) is 0 Å². The number of hydrogen-bond acceptors (Lipinski definition) is 4. The molecule has 4 nitrogen and oxygen atoms in total. The van der Waals surface area contributed by atoms with Crippen molar-refractivity contribution in [3.8, 4) is 6.07 Å². The van der Waals surface area contributed by atoms with Crippen molar-refractivity contribution in [3.63, 3.8) is 0 Å². The number of nitrogens with zero attached hydrogens (tertiary/aromatic N) is 3. The maximum Gasteiger partial charge on any atom is 0.161 e. The third-order valence-electron chi connectivity index (χ3n) is 4.43. The first-order chi connectivity index (χ1) is 10.2. The molecule has 0 radical (unpaired) electrons. The zero-order valence-corrected chi connectivity index (χ0v) is 12.5. The van der Waals surface area contributed by atoms with Gasteiger partial charge in [-0.15, -0.1) is 0 Å². The lowest BCUT2D eigenvalue weighted by Crippen LogP contribution is -2.47. The van der Waals surface area contributed by atoms with Crippen LogP contribution < -0.4 is 4.90 Å². The van der Waals surface area contributed by atoms with Gasteiger partial charge in [-0.1, -0.05) is 0 Å². The maximum atomic E-state index is 11.8. The van der Waals surface area contributed by atoms with Crippen molar-refractivity contribution in [2.24, 2.45) is 5.92 Å². The molecule has 0 atom stereocenters. The van der Waals surface area contributed by atoms with Crippen molar-refractivity contribution in [1.82, 2.24) is 4.90 Å². The number of hydrogen-bond donors (Lipinski definition) is 0. The van der Waals surface area contributed by atoms with Gasteiger partial charge in [0.25, 0.3) is 0 Å². The first kappa shape index (κ1) is 14.1. The molecule has 21 heavy (non-hydrogen) atoms. The van der Waals surface area contributed by atoms with Crippen molar-refractivity contribution in [1.29, 1.82) is 5.26 Å². The van der Waals surface area contributed by atoms with Gasteiger partial charge in [0.15, 0.2) is 5.78 Å². The standard InChI is InChI=1S/C17H21N3O/c1-13(21)16-5-4-15(11-18)10-17(16)20-8-6-19(7-9-20)12-14-2-3-14/h4-5,10,14H,2-3,6-9,12H2,1H3. The average Bonchev–Trinajstić information content (AvgIpc) is 3.31. The Morgan fingerprint density at radius 1 is 1.29 bits per heavy atom. The van der Waals surface area contributed by atoms with Gasteiger partial charge in [0.2, 0.25) is 0 Å². The number of carbonyl (C=O) groups is 1. The summed E-state index contributed by atoms with van der Waals surface area (Å²) in [5, 5.41) is 9.08. The lowest BCUT2D eigenvalue weighted by molar-refractivity contribution is 0.101. The number of Topliss-reactive ketones (excluding diaryl/α,β-unsaturated/α-hetero) is 1. The summed E-state index contributed by atoms with van der Waals surface area (Å²) in [6.45, 7) is 6.78. The van der Waals surface area contributed by atoms with Gasteiger partial charge in [-0.05, 0) is 43.9 Å². The molecule has 0 unspecified atom stereocenters. The third-order valence-corrected chi connectivity index (χ3v) is 4.43. The van der Waals surface area contributed by atoms with Crippen LogP contribution in [-0.4, -0.2) is 43.4 Å². The van der Waals surface area contributed by atoms with Gasteiger partial charge >= 0.3 is 0 Å². The number of anilines is 1. The van der Waals surface area contributed by atoms with E-state index in [9.17, 15) is 4.79 Å². The fourth-order valence-electron chi connectivity index (χ4n) is 3.00. The zero-order chi connectivity index (χ0) is 14.8. The number of ketones is 1. The summed E-state index contributed by atoms with van der Waals surface area (Å²) < 4.78 is 0. The van der Waals surface area contributed by atoms with E-state index in [0.717, 1.165) is 43.3 Å². The molecule has 3 rings (SSSR count). The minimum absolute atomic E-state index is 0.0647. The van der Waals surface area contributed by atoms with Crippen molar-refractivity contribution in [3.05, 3.63) is 29.3 Å². The van der Waals surface area contributed by atoms with Gasteiger partial charge in [-0.25, -0.2) is 0 Å². The Balaban J connectivity index is 1.74. The van der Waals surface area contributed by atoms with E-state index >= 15 is 0 Å². The number of piperazine rings is 1. The molecular weight excluding hydrogens is 262 g/mol. The quantitative estimate of drug-likeness (QED) is 0.796. The first-order valence-electron chi connectivity index (χ1n) is 7.70. The Morgan fingerprint density at radius 2 is 2.00 bits per heavy atom. The van der Waals surface area contributed by atoms with Crippen LogP contribution in [0.4, 0.5) is 5.69 Å². The van der Waals surface area contributed by atoms with E-state index in [1.165, 1.54) is 19.4 Å². The number of rotatable bonds is 4. The topological polar surface area (TPSA) is 47.3 Å². The monoisotopic (exact) mass is 283 g/mol. The smallest absolute Gasteiger partial charge is 0.161 e. The molecule has 1 saturated heterocycles. The summed E-state index contributed by atoms with van der Waals surface area (Å²) in [4.78, 5) is 16.6. The Morgan fingerprint density at radius 3 is 2.57 bits per heavy atom. The molecule has 0 N–H and O–H groups in total. The Bertz CT molecular complexity index is 578. The number of nitriles is 1. The van der Waals surface area contributed by atoms with Crippen LogP contribution >= 0.6 is 0 Å². The average molecular weight is 283 g/mol. The van der Waals surface area contributed by atoms with Gasteiger partial charge in [-0.2, -0.15) is 5.26 Å². The Labute approximate surface area is 126 Å². The highest BCUT2D eigenvalue weighted by atomic mass is 16.1. The van der Waals surface area contributed by atoms with Gasteiger partial charge in [0.05, 0.1) is 11.6 Å². The Hall–Kier alpha value is -1.86. The number of benzene rings is 1. The molecule has 0 bridgehead atoms. The van der Waals surface area contributed by atoms with Crippen LogP contribution in [0.5, 0.6) is 0 Å². The second-order valence-corrected chi connectivity index (χ2v) is 6.13. The minimum atomic E-state index is 0.0647. The summed E-state index contributed by atoms with van der Waals surface area (Å²) in [5.74, 6) is 0.987. The fourth-order valence-corrected chi connectivity index (χ4v) is 3.00. The summed E-state index contributed by atoms with van der Waals surface area (Å²) in [6.07, 6.45) is 2.78. The van der Waals surface area contributed by atoms with E-state index in [-0.39, 0.29) is 5.78 Å². The van der Waals surface area contributed by atoms with Crippen LogP contribution in [0, 0.1) is 17.2 Å². The van der Waals surface area contributed by atoms with E-state index in [1.54, 1.807) is 19.1 Å². The van der Waals surface area contributed by atoms with Gasteiger partial charge in [-0.3, -0.25) is 9.69 Å². The van der Waals surface area contributed by atoms with Crippen molar-refractivity contribution >= 4 is 11.5 Å². The molecular formula is C17H21N3O. The first-order valence-corrected chi connectivity index (χ1v) is 7.70. The van der Waals surface area contributed by atoms with Gasteiger partial charge < -0.3 is 4.90 Å². The van der Waals surface area contributed by atoms with Crippen LogP contribution in [0.3, 0.4) is 0 Å². The molecule has 0 spiro atoms. The molecule has 110 valence electrons. The molecule has 0 amide bonds. The van der Waals surface area contributed by atoms with Crippen molar-refractivity contribution in [2.75, 3.05) is 37.6 Å². The lowest BCUT2D eigenvalue weighted by atomic mass is 10.0. The molecule has 4 heteroatoms. The largest absolute Gasteiger partial charge is 0.368 e. The SMILES string of the molecule is CC(=O)c1ccc(C#N)cc1N1CCN(CC2CC2)CC1. The van der Waals surface area contributed by atoms with E-state index < -0.39 is 0 Å². The summed E-state index contributed by atoms with van der Waals surface area (Å²) in [7, 11) is 0. The minimum Gasteiger partial charge on any atom is -0.368 e. The van der Waals surface area contributed by atoms with E-state index in [0.29, 0.717) is 5.56 Å². The van der Waals surface area contributed by atoms with Crippen LogP contribution in [0.25, 0.3) is 0 Å². The predicted molar refractivity (Wildman–Crippen MR) is 82.5 cm³/mol. The Kier molecular flexibility index (Phi) is 3.94. The second kappa shape index (κ2) is 5.87. The molecule has 1 aromatic carbocycles.